The topological polar surface area (TPSA) is 12.5 Å². The Kier molecular flexibility index (Phi) is 2.96. The van der Waals surface area contributed by atoms with Crippen molar-refractivity contribution in [3.63, 3.8) is 0 Å². The molecule has 0 radical (unpaired) electrons. The van der Waals surface area contributed by atoms with Crippen molar-refractivity contribution in [2.75, 3.05) is 13.1 Å². The summed E-state index contributed by atoms with van der Waals surface area (Å²) in [5.41, 5.74) is 1.26. The average Bonchev–Trinajstić information content (AvgIpc) is 2.10. The van der Waals surface area contributed by atoms with Gasteiger partial charge in [-0.3, -0.25) is 4.90 Å². The molecule has 0 unspecified atom stereocenters. The zero-order valence-corrected chi connectivity index (χ0v) is 9.73. The Hall–Kier alpha value is -1.02. The first kappa shape index (κ1) is 10.5. The van der Waals surface area contributed by atoms with E-state index >= 15 is 0 Å². The van der Waals surface area contributed by atoms with Crippen molar-refractivity contribution in [2.24, 2.45) is 0 Å². The third kappa shape index (κ3) is 2.51. The highest BCUT2D eigenvalue weighted by Gasteiger charge is 2.29. The van der Waals surface area contributed by atoms with Crippen LogP contribution in [-0.4, -0.2) is 30.1 Å². The van der Waals surface area contributed by atoms with Crippen LogP contribution in [0.1, 0.15) is 19.4 Å². The Balaban J connectivity index is 1.85. The first-order valence-electron chi connectivity index (χ1n) is 5.62. The van der Waals surface area contributed by atoms with E-state index in [4.69, 9.17) is 4.74 Å². The van der Waals surface area contributed by atoms with Crippen molar-refractivity contribution in [1.82, 2.24) is 4.90 Å². The highest BCUT2D eigenvalue weighted by Crippen LogP contribution is 2.20. The number of benzene rings is 1. The molecule has 1 heterocycles. The van der Waals surface area contributed by atoms with Gasteiger partial charge in [0.2, 0.25) is 0 Å². The number of rotatable bonds is 3. The molecule has 0 aliphatic carbocycles. The molecule has 1 aromatic carbocycles. The van der Waals surface area contributed by atoms with Crippen molar-refractivity contribution in [2.45, 2.75) is 32.9 Å². The zero-order chi connectivity index (χ0) is 10.8. The van der Waals surface area contributed by atoms with E-state index in [9.17, 15) is 0 Å². The van der Waals surface area contributed by atoms with Crippen molar-refractivity contribution in [3.8, 4) is 5.75 Å². The number of likely N-dealkylation sites (tertiary alicyclic amines) is 1. The fourth-order valence-electron chi connectivity index (χ4n) is 1.85. The van der Waals surface area contributed by atoms with Crippen LogP contribution in [0.3, 0.4) is 0 Å². The van der Waals surface area contributed by atoms with Gasteiger partial charge in [-0.05, 0) is 38.5 Å². The van der Waals surface area contributed by atoms with Crippen LogP contribution in [0, 0.1) is 6.92 Å². The summed E-state index contributed by atoms with van der Waals surface area (Å²) in [6.07, 6.45) is 0.384. The first-order valence-corrected chi connectivity index (χ1v) is 5.62. The van der Waals surface area contributed by atoms with Crippen LogP contribution in [0.2, 0.25) is 0 Å². The minimum atomic E-state index is 0.384. The van der Waals surface area contributed by atoms with Gasteiger partial charge in [0.25, 0.3) is 0 Å². The van der Waals surface area contributed by atoms with Crippen molar-refractivity contribution in [1.29, 1.82) is 0 Å². The lowest BCUT2D eigenvalue weighted by Crippen LogP contribution is -2.56. The summed E-state index contributed by atoms with van der Waals surface area (Å²) in [5, 5.41) is 0. The number of aryl methyl sites for hydroxylation is 1. The normalized spacial score (nSPS) is 17.9. The third-order valence-electron chi connectivity index (χ3n) is 2.90. The monoisotopic (exact) mass is 205 g/mol. The zero-order valence-electron chi connectivity index (χ0n) is 9.73. The standard InChI is InChI=1S/C13H19NO/c1-10(2)14-8-13(9-14)15-12-6-4-5-11(3)7-12/h4-7,10,13H,8-9H2,1-3H3. The van der Waals surface area contributed by atoms with Gasteiger partial charge in [-0.2, -0.15) is 0 Å². The summed E-state index contributed by atoms with van der Waals surface area (Å²) in [4.78, 5) is 2.42. The van der Waals surface area contributed by atoms with E-state index in [2.05, 4.69) is 37.8 Å². The fraction of sp³-hybridized carbons (Fsp3) is 0.538. The molecule has 1 fully saturated rings. The van der Waals surface area contributed by atoms with Gasteiger partial charge in [0.1, 0.15) is 11.9 Å². The molecule has 0 saturated carbocycles. The second-order valence-electron chi connectivity index (χ2n) is 4.60. The molecule has 2 rings (SSSR count). The molecule has 0 N–H and O–H groups in total. The number of nitrogens with zero attached hydrogens (tertiary/aromatic N) is 1. The third-order valence-corrected chi connectivity index (χ3v) is 2.90. The lowest BCUT2D eigenvalue weighted by Gasteiger charge is -2.41. The van der Waals surface area contributed by atoms with Crippen molar-refractivity contribution < 1.29 is 4.74 Å². The molecule has 1 aliphatic heterocycles. The molecular weight excluding hydrogens is 186 g/mol. The molecule has 0 amide bonds. The molecule has 82 valence electrons. The van der Waals surface area contributed by atoms with Gasteiger partial charge in [-0.15, -0.1) is 0 Å². The number of ether oxygens (including phenoxy) is 1. The first-order chi connectivity index (χ1) is 7.15. The molecule has 2 nitrogen and oxygen atoms in total. The van der Waals surface area contributed by atoms with E-state index in [0.29, 0.717) is 12.1 Å². The van der Waals surface area contributed by atoms with Gasteiger partial charge >= 0.3 is 0 Å². The highest BCUT2D eigenvalue weighted by molar-refractivity contribution is 5.27. The quantitative estimate of drug-likeness (QED) is 0.751. The van der Waals surface area contributed by atoms with Crippen LogP contribution in [-0.2, 0) is 0 Å². The van der Waals surface area contributed by atoms with Crippen LogP contribution < -0.4 is 4.74 Å². The molecule has 2 heteroatoms. The second kappa shape index (κ2) is 4.23. The molecular formula is C13H19NO. The number of hydrogen-bond acceptors (Lipinski definition) is 2. The Labute approximate surface area is 91.9 Å². The Morgan fingerprint density at radius 2 is 2.07 bits per heavy atom. The predicted molar refractivity (Wildman–Crippen MR) is 62.3 cm³/mol. The van der Waals surface area contributed by atoms with Crippen LogP contribution in [0.4, 0.5) is 0 Å². The summed E-state index contributed by atoms with van der Waals surface area (Å²) in [7, 11) is 0. The van der Waals surface area contributed by atoms with Crippen LogP contribution in [0.15, 0.2) is 24.3 Å². The maximum Gasteiger partial charge on any atom is 0.124 e. The van der Waals surface area contributed by atoms with E-state index in [1.54, 1.807) is 0 Å². The van der Waals surface area contributed by atoms with Gasteiger partial charge in [0.15, 0.2) is 0 Å². The van der Waals surface area contributed by atoms with Gasteiger partial charge in [0, 0.05) is 19.1 Å². The second-order valence-corrected chi connectivity index (χ2v) is 4.60. The van der Waals surface area contributed by atoms with Gasteiger partial charge < -0.3 is 4.74 Å². The average molecular weight is 205 g/mol. The molecule has 0 bridgehead atoms. The van der Waals surface area contributed by atoms with E-state index in [1.165, 1.54) is 5.56 Å². The van der Waals surface area contributed by atoms with E-state index in [1.807, 2.05) is 12.1 Å². The van der Waals surface area contributed by atoms with E-state index < -0.39 is 0 Å². The van der Waals surface area contributed by atoms with Crippen LogP contribution in [0.25, 0.3) is 0 Å². The Bertz CT molecular complexity index is 329. The smallest absolute Gasteiger partial charge is 0.124 e. The maximum absolute atomic E-state index is 5.87. The Morgan fingerprint density at radius 3 is 2.67 bits per heavy atom. The molecule has 1 saturated heterocycles. The van der Waals surface area contributed by atoms with Gasteiger partial charge in [0.05, 0.1) is 0 Å². The van der Waals surface area contributed by atoms with Gasteiger partial charge in [-0.25, -0.2) is 0 Å². The molecule has 0 atom stereocenters. The summed E-state index contributed by atoms with van der Waals surface area (Å²) in [6, 6.07) is 8.91. The maximum atomic E-state index is 5.87. The largest absolute Gasteiger partial charge is 0.488 e. The molecule has 1 aromatic rings. The molecule has 15 heavy (non-hydrogen) atoms. The van der Waals surface area contributed by atoms with Crippen molar-refractivity contribution >= 4 is 0 Å². The minimum absolute atomic E-state index is 0.384. The molecule has 0 spiro atoms. The van der Waals surface area contributed by atoms with Crippen LogP contribution in [0.5, 0.6) is 5.75 Å². The highest BCUT2D eigenvalue weighted by atomic mass is 16.5. The lowest BCUT2D eigenvalue weighted by atomic mass is 10.1. The Morgan fingerprint density at radius 1 is 1.33 bits per heavy atom. The van der Waals surface area contributed by atoms with E-state index in [0.717, 1.165) is 18.8 Å². The van der Waals surface area contributed by atoms with Crippen molar-refractivity contribution in [3.05, 3.63) is 29.8 Å². The summed E-state index contributed by atoms with van der Waals surface area (Å²) >= 11 is 0. The molecule has 0 aromatic heterocycles. The summed E-state index contributed by atoms with van der Waals surface area (Å²) in [6.45, 7) is 8.66. The van der Waals surface area contributed by atoms with Crippen LogP contribution >= 0.6 is 0 Å². The lowest BCUT2D eigenvalue weighted by molar-refractivity contribution is 0.000130. The molecule has 1 aliphatic rings. The minimum Gasteiger partial charge on any atom is -0.488 e. The summed E-state index contributed by atoms with van der Waals surface area (Å²) < 4.78 is 5.87. The van der Waals surface area contributed by atoms with E-state index in [-0.39, 0.29) is 0 Å². The predicted octanol–water partition coefficient (Wildman–Crippen LogP) is 2.47. The number of hydrogen-bond donors (Lipinski definition) is 0. The fourth-order valence-corrected chi connectivity index (χ4v) is 1.85. The summed E-state index contributed by atoms with van der Waals surface area (Å²) in [5.74, 6) is 1.00. The van der Waals surface area contributed by atoms with Gasteiger partial charge in [-0.1, -0.05) is 12.1 Å². The SMILES string of the molecule is Cc1cccc(OC2CN(C(C)C)C2)c1.